The monoisotopic (exact) mass is 607 g/mol. The average Bonchev–Trinajstić information content (AvgIpc) is 3.37. The third kappa shape index (κ3) is 6.65. The van der Waals surface area contributed by atoms with E-state index in [4.69, 9.17) is 0 Å². The number of methoxy groups -OCH3 is 1. The van der Waals surface area contributed by atoms with Crippen LogP contribution in [0.2, 0.25) is 0 Å². The first-order chi connectivity index (χ1) is 19.5. The number of halogens is 3. The van der Waals surface area contributed by atoms with Gasteiger partial charge in [-0.15, -0.1) is 0 Å². The lowest BCUT2D eigenvalue weighted by atomic mass is 9.74. The number of alkyl carbamates (subject to hydrolysis) is 1. The van der Waals surface area contributed by atoms with Crippen LogP contribution in [0.4, 0.5) is 18.0 Å². The summed E-state index contributed by atoms with van der Waals surface area (Å²) >= 11 is 0. The lowest BCUT2D eigenvalue weighted by Gasteiger charge is -2.43. The van der Waals surface area contributed by atoms with Crippen LogP contribution in [0, 0.1) is 17.8 Å². The van der Waals surface area contributed by atoms with Gasteiger partial charge in [-0.3, -0.25) is 4.79 Å². The van der Waals surface area contributed by atoms with E-state index in [0.29, 0.717) is 77.7 Å². The van der Waals surface area contributed by atoms with Crippen molar-refractivity contribution >= 4 is 22.0 Å². The van der Waals surface area contributed by atoms with Crippen molar-refractivity contribution in [3.8, 4) is 0 Å². The molecular formula is C27H44F3N5O5S. The van der Waals surface area contributed by atoms with Gasteiger partial charge in [-0.25, -0.2) is 28.0 Å². The van der Waals surface area contributed by atoms with Crippen LogP contribution < -0.4 is 10.7 Å². The minimum Gasteiger partial charge on any atom is -0.453 e. The zero-order valence-corrected chi connectivity index (χ0v) is 24.6. The van der Waals surface area contributed by atoms with Gasteiger partial charge in [-0.05, 0) is 82.5 Å². The molecule has 4 atom stereocenters. The number of carbonyl (C=O) groups excluding carboxylic acids is 2. The van der Waals surface area contributed by atoms with Crippen LogP contribution in [-0.4, -0.2) is 104 Å². The summed E-state index contributed by atoms with van der Waals surface area (Å²) in [6, 6.07) is -2.46. The van der Waals surface area contributed by atoms with Gasteiger partial charge in [0, 0.05) is 44.8 Å². The third-order valence-electron chi connectivity index (χ3n) is 10.2. The summed E-state index contributed by atoms with van der Waals surface area (Å²) in [5, 5.41) is 3.94. The number of nitrogens with zero attached hydrogens (tertiary/aromatic N) is 3. The van der Waals surface area contributed by atoms with Gasteiger partial charge < -0.3 is 15.0 Å². The molecule has 4 saturated heterocycles. The molecule has 1 saturated carbocycles. The second kappa shape index (κ2) is 12.5. The number of amides is 2. The van der Waals surface area contributed by atoms with E-state index >= 15 is 0 Å². The van der Waals surface area contributed by atoms with Crippen molar-refractivity contribution in [3.05, 3.63) is 0 Å². The van der Waals surface area contributed by atoms with Gasteiger partial charge in [-0.1, -0.05) is 0 Å². The molecule has 0 aromatic heterocycles. The Morgan fingerprint density at radius 1 is 0.878 bits per heavy atom. The maximum atomic E-state index is 14.1. The Hall–Kier alpha value is -1.64. The van der Waals surface area contributed by atoms with Crippen molar-refractivity contribution in [3.63, 3.8) is 0 Å². The highest BCUT2D eigenvalue weighted by Crippen LogP contribution is 2.44. The smallest absolute Gasteiger partial charge is 0.407 e. The fraction of sp³-hybridized carbons (Fsp3) is 0.926. The van der Waals surface area contributed by atoms with Crippen molar-refractivity contribution in [2.75, 3.05) is 39.8 Å². The van der Waals surface area contributed by atoms with Crippen molar-refractivity contribution in [2.45, 2.75) is 100 Å². The summed E-state index contributed by atoms with van der Waals surface area (Å²) in [5.41, 5.74) is 2.65. The molecule has 4 unspecified atom stereocenters. The molecule has 14 heteroatoms. The van der Waals surface area contributed by atoms with E-state index in [9.17, 15) is 31.2 Å². The van der Waals surface area contributed by atoms with Crippen LogP contribution in [0.15, 0.2) is 0 Å². The fourth-order valence-corrected chi connectivity index (χ4v) is 9.90. The molecule has 41 heavy (non-hydrogen) atoms. The Labute approximate surface area is 240 Å². The summed E-state index contributed by atoms with van der Waals surface area (Å²) < 4.78 is 75.3. The van der Waals surface area contributed by atoms with E-state index in [1.165, 1.54) is 7.11 Å². The van der Waals surface area contributed by atoms with Crippen molar-refractivity contribution in [2.24, 2.45) is 17.8 Å². The predicted octanol–water partition coefficient (Wildman–Crippen LogP) is 2.85. The molecule has 5 rings (SSSR count). The highest BCUT2D eigenvalue weighted by molar-refractivity contribution is 7.89. The number of hydrazine groups is 1. The Bertz CT molecular complexity index is 1040. The molecule has 10 nitrogen and oxygen atoms in total. The molecule has 5 fully saturated rings. The topological polar surface area (TPSA) is 111 Å². The van der Waals surface area contributed by atoms with E-state index in [2.05, 4.69) is 15.5 Å². The van der Waals surface area contributed by atoms with Gasteiger partial charge in [-0.2, -0.15) is 13.2 Å². The maximum Gasteiger partial charge on any atom is 0.407 e. The molecule has 4 aliphatic heterocycles. The summed E-state index contributed by atoms with van der Waals surface area (Å²) in [4.78, 5) is 26.6. The molecule has 1 aliphatic carbocycles. The zero-order valence-electron chi connectivity index (χ0n) is 23.8. The summed E-state index contributed by atoms with van der Waals surface area (Å²) in [7, 11) is -2.17. The molecule has 0 radical (unpaired) electrons. The molecule has 234 valence electrons. The summed E-state index contributed by atoms with van der Waals surface area (Å²) in [6.45, 7) is 2.32. The molecule has 0 spiro atoms. The normalized spacial score (nSPS) is 34.7. The fourth-order valence-electron chi connectivity index (χ4n) is 7.89. The lowest BCUT2D eigenvalue weighted by Crippen LogP contribution is -2.51. The highest BCUT2D eigenvalue weighted by Gasteiger charge is 2.59. The van der Waals surface area contributed by atoms with Crippen LogP contribution >= 0.6 is 0 Å². The zero-order chi connectivity index (χ0) is 29.4. The standard InChI is InChI=1S/C27H44F3N5O5S/c1-40-26(37)31-20-5-7-21(8-6-20)41(38,39)34-14-9-18(10-15-34)19-11-16-35-22(17-19)23(24(32-35)27(28,29)30)25(36)33-12-3-2-4-13-33/h18-24,32H,2-17H2,1H3,(H,31,37). The van der Waals surface area contributed by atoms with Crippen LogP contribution in [-0.2, 0) is 19.6 Å². The molecule has 2 N–H and O–H groups in total. The Balaban J connectivity index is 1.18. The van der Waals surface area contributed by atoms with Crippen LogP contribution in [0.3, 0.4) is 0 Å². The Morgan fingerprint density at radius 3 is 2.12 bits per heavy atom. The lowest BCUT2D eigenvalue weighted by molar-refractivity contribution is -0.172. The highest BCUT2D eigenvalue weighted by atomic mass is 32.2. The maximum absolute atomic E-state index is 14.1. The number of rotatable bonds is 5. The van der Waals surface area contributed by atoms with Crippen molar-refractivity contribution in [1.82, 2.24) is 25.0 Å². The van der Waals surface area contributed by atoms with E-state index in [-0.39, 0.29) is 23.8 Å². The summed E-state index contributed by atoms with van der Waals surface area (Å²) in [5.74, 6) is -1.16. The Kier molecular flexibility index (Phi) is 9.42. The van der Waals surface area contributed by atoms with Crippen LogP contribution in [0.25, 0.3) is 0 Å². The van der Waals surface area contributed by atoms with Crippen molar-refractivity contribution in [1.29, 1.82) is 0 Å². The molecule has 5 aliphatic rings. The first kappa shape index (κ1) is 30.8. The van der Waals surface area contributed by atoms with Gasteiger partial charge >= 0.3 is 12.3 Å². The van der Waals surface area contributed by atoms with Crippen LogP contribution in [0.5, 0.6) is 0 Å². The molecule has 0 aromatic rings. The second-order valence-electron chi connectivity index (χ2n) is 12.5. The van der Waals surface area contributed by atoms with Gasteiger partial charge in [0.15, 0.2) is 0 Å². The molecular weight excluding hydrogens is 563 g/mol. The minimum absolute atomic E-state index is 0.0851. The molecule has 4 heterocycles. The van der Waals surface area contributed by atoms with Crippen LogP contribution in [0.1, 0.15) is 70.6 Å². The summed E-state index contributed by atoms with van der Waals surface area (Å²) in [6.07, 6.45) is 2.35. The number of hydrogen-bond acceptors (Lipinski definition) is 7. The quantitative estimate of drug-likeness (QED) is 0.495. The number of hydrogen-bond donors (Lipinski definition) is 2. The number of alkyl halides is 3. The number of carbonyl (C=O) groups is 2. The Morgan fingerprint density at radius 2 is 1.51 bits per heavy atom. The van der Waals surface area contributed by atoms with Gasteiger partial charge in [0.2, 0.25) is 15.9 Å². The second-order valence-corrected chi connectivity index (χ2v) is 14.7. The van der Waals surface area contributed by atoms with Crippen molar-refractivity contribution < 1.29 is 35.9 Å². The van der Waals surface area contributed by atoms with Gasteiger partial charge in [0.1, 0.15) is 6.04 Å². The number of fused-ring (bicyclic) bond motifs is 1. The number of sulfonamides is 1. The molecule has 0 bridgehead atoms. The first-order valence-corrected chi connectivity index (χ1v) is 16.7. The number of piperidine rings is 3. The van der Waals surface area contributed by atoms with E-state index in [0.717, 1.165) is 25.7 Å². The number of nitrogens with one attached hydrogen (secondary N) is 2. The average molecular weight is 608 g/mol. The SMILES string of the molecule is COC(=O)NC1CCC(S(=O)(=O)N2CCC(C3CCN4NC(C(F)(F)F)C(C(=O)N5CCCCC5)C4C3)CC2)CC1. The van der Waals surface area contributed by atoms with E-state index in [1.54, 1.807) is 14.2 Å². The number of ether oxygens (including phenoxy) is 1. The predicted molar refractivity (Wildman–Crippen MR) is 145 cm³/mol. The van der Waals surface area contributed by atoms with Gasteiger partial charge in [0.05, 0.1) is 18.3 Å². The molecule has 0 aromatic carbocycles. The largest absolute Gasteiger partial charge is 0.453 e. The van der Waals surface area contributed by atoms with Gasteiger partial charge in [0.25, 0.3) is 0 Å². The number of likely N-dealkylation sites (tertiary alicyclic amines) is 1. The third-order valence-corrected chi connectivity index (χ3v) is 12.6. The van der Waals surface area contributed by atoms with E-state index < -0.39 is 45.5 Å². The van der Waals surface area contributed by atoms with E-state index in [1.807, 2.05) is 0 Å². The first-order valence-electron chi connectivity index (χ1n) is 15.2. The molecule has 2 amide bonds. The minimum atomic E-state index is -4.52.